The molecule has 1 heterocycles. The Morgan fingerprint density at radius 3 is 2.53 bits per heavy atom. The third-order valence-electron chi connectivity index (χ3n) is 3.80. The molecule has 9 nitrogen and oxygen atoms in total. The summed E-state index contributed by atoms with van der Waals surface area (Å²) < 4.78 is 32.3. The van der Waals surface area contributed by atoms with Gasteiger partial charge < -0.3 is 4.74 Å². The summed E-state index contributed by atoms with van der Waals surface area (Å²) in [6.07, 6.45) is 2.27. The van der Waals surface area contributed by atoms with Crippen LogP contribution in [0.1, 0.15) is 15.9 Å². The van der Waals surface area contributed by atoms with Crippen molar-refractivity contribution in [3.8, 4) is 11.8 Å². The van der Waals surface area contributed by atoms with E-state index in [1.165, 1.54) is 12.1 Å². The number of sulfone groups is 1. The van der Waals surface area contributed by atoms with Gasteiger partial charge in [0.05, 0.1) is 10.0 Å². The minimum absolute atomic E-state index is 0.0547. The maximum atomic E-state index is 12.4. The summed E-state index contributed by atoms with van der Waals surface area (Å²) in [4.78, 5) is 28.3. The zero-order valence-electron chi connectivity index (χ0n) is 16.3. The summed E-state index contributed by atoms with van der Waals surface area (Å²) in [6.45, 7) is 0. The van der Waals surface area contributed by atoms with Crippen molar-refractivity contribution < 1.29 is 22.7 Å². The number of benzene rings is 2. The van der Waals surface area contributed by atoms with Crippen molar-refractivity contribution >= 4 is 60.4 Å². The summed E-state index contributed by atoms with van der Waals surface area (Å²) in [7, 11) is -3.61. The lowest BCUT2D eigenvalue weighted by molar-refractivity contribution is -0.112. The smallest absolute Gasteiger partial charge is 0.343 e. The SMILES string of the molecule is CS(=O)(=O)c1nsc(NC(=O)/C(C#N)=C\c2ccc(OC(=O)c3ccccc3)c(Br)c2)n1. The van der Waals surface area contributed by atoms with Crippen LogP contribution in [-0.4, -0.2) is 35.9 Å². The summed E-state index contributed by atoms with van der Waals surface area (Å²) in [6, 6.07) is 14.9. The van der Waals surface area contributed by atoms with Crippen LogP contribution >= 0.6 is 27.5 Å². The number of aromatic nitrogens is 2. The maximum Gasteiger partial charge on any atom is 0.343 e. The fourth-order valence-electron chi connectivity index (χ4n) is 2.31. The molecular weight excluding hydrogens is 520 g/mol. The highest BCUT2D eigenvalue weighted by molar-refractivity contribution is 9.10. The average molecular weight is 533 g/mol. The standard InChI is InChI=1S/C20H13BrN4O5S2/c1-32(28,29)20-24-19(31-25-20)23-17(26)14(11-22)9-12-7-8-16(15(21)10-12)30-18(27)13-5-3-2-4-6-13/h2-10H,1H3,(H,23,24,25,26)/b14-9-. The number of carbonyl (C=O) groups excluding carboxylic acids is 2. The zero-order valence-corrected chi connectivity index (χ0v) is 19.5. The van der Waals surface area contributed by atoms with E-state index in [0.29, 0.717) is 27.1 Å². The lowest BCUT2D eigenvalue weighted by Crippen LogP contribution is -2.13. The Morgan fingerprint density at radius 1 is 1.22 bits per heavy atom. The molecule has 0 spiro atoms. The molecule has 1 N–H and O–H groups in total. The highest BCUT2D eigenvalue weighted by Crippen LogP contribution is 2.28. The third kappa shape index (κ3) is 5.85. The first-order valence-electron chi connectivity index (χ1n) is 8.71. The molecule has 3 aromatic rings. The van der Waals surface area contributed by atoms with Gasteiger partial charge in [0.15, 0.2) is 0 Å². The van der Waals surface area contributed by atoms with Gasteiger partial charge >= 0.3 is 5.97 Å². The summed E-state index contributed by atoms with van der Waals surface area (Å²) in [5.74, 6) is -1.04. The first-order valence-corrected chi connectivity index (χ1v) is 12.2. The first kappa shape index (κ1) is 23.3. The number of nitriles is 1. The number of esters is 1. The number of nitrogens with zero attached hydrogens (tertiary/aromatic N) is 3. The predicted octanol–water partition coefficient (Wildman–Crippen LogP) is 3.47. The molecule has 32 heavy (non-hydrogen) atoms. The maximum absolute atomic E-state index is 12.4. The highest BCUT2D eigenvalue weighted by Gasteiger charge is 2.18. The molecule has 1 aromatic heterocycles. The molecule has 0 saturated heterocycles. The van der Waals surface area contributed by atoms with Crippen LogP contribution in [-0.2, 0) is 14.6 Å². The first-order chi connectivity index (χ1) is 15.2. The van der Waals surface area contributed by atoms with Crippen molar-refractivity contribution in [2.45, 2.75) is 5.16 Å². The van der Waals surface area contributed by atoms with Gasteiger partial charge in [0.1, 0.15) is 17.4 Å². The highest BCUT2D eigenvalue weighted by atomic mass is 79.9. The van der Waals surface area contributed by atoms with Crippen LogP contribution in [0.2, 0.25) is 0 Å². The number of amides is 1. The minimum Gasteiger partial charge on any atom is -0.422 e. The van der Waals surface area contributed by atoms with Crippen molar-refractivity contribution in [1.82, 2.24) is 9.36 Å². The van der Waals surface area contributed by atoms with Gasteiger partial charge in [-0.1, -0.05) is 24.3 Å². The number of halogens is 1. The third-order valence-corrected chi connectivity index (χ3v) is 6.02. The van der Waals surface area contributed by atoms with Gasteiger partial charge in [-0.05, 0) is 51.8 Å². The van der Waals surface area contributed by atoms with E-state index in [1.54, 1.807) is 48.5 Å². The number of carbonyl (C=O) groups is 2. The van der Waals surface area contributed by atoms with E-state index in [1.807, 2.05) is 0 Å². The second-order valence-corrected chi connectivity index (χ2v) is 9.74. The molecular formula is C20H13BrN4O5S2. The molecule has 162 valence electrons. The number of hydrogen-bond donors (Lipinski definition) is 1. The molecule has 0 saturated carbocycles. The van der Waals surface area contributed by atoms with Gasteiger partial charge in [0.2, 0.25) is 15.0 Å². The number of hydrogen-bond acceptors (Lipinski definition) is 9. The quantitative estimate of drug-likeness (QED) is 0.220. The predicted molar refractivity (Wildman–Crippen MR) is 121 cm³/mol. The largest absolute Gasteiger partial charge is 0.422 e. The Morgan fingerprint density at radius 2 is 1.94 bits per heavy atom. The minimum atomic E-state index is -3.61. The number of nitrogens with one attached hydrogen (secondary N) is 1. The van der Waals surface area contributed by atoms with E-state index in [4.69, 9.17) is 4.74 Å². The van der Waals surface area contributed by atoms with E-state index in [0.717, 1.165) is 6.26 Å². The second-order valence-electron chi connectivity index (χ2n) is 6.22. The normalized spacial score (nSPS) is 11.5. The molecule has 0 fully saturated rings. The average Bonchev–Trinajstić information content (AvgIpc) is 3.23. The molecule has 12 heteroatoms. The molecule has 0 bridgehead atoms. The zero-order chi connectivity index (χ0) is 23.3. The van der Waals surface area contributed by atoms with Crippen LogP contribution in [0.25, 0.3) is 6.08 Å². The number of rotatable bonds is 6. The van der Waals surface area contributed by atoms with Crippen LogP contribution in [0.15, 0.2) is 63.7 Å². The molecule has 0 aliphatic heterocycles. The van der Waals surface area contributed by atoms with Crippen molar-refractivity contribution in [2.24, 2.45) is 0 Å². The molecule has 0 unspecified atom stereocenters. The van der Waals surface area contributed by atoms with Gasteiger partial charge in [-0.3, -0.25) is 10.1 Å². The van der Waals surface area contributed by atoms with Gasteiger partial charge in [-0.2, -0.15) is 14.6 Å². The topological polar surface area (TPSA) is 139 Å². The van der Waals surface area contributed by atoms with E-state index in [-0.39, 0.29) is 16.5 Å². The Labute approximate surface area is 195 Å². The van der Waals surface area contributed by atoms with E-state index in [2.05, 4.69) is 30.6 Å². The lowest BCUT2D eigenvalue weighted by Gasteiger charge is -2.07. The molecule has 2 aromatic carbocycles. The fraction of sp³-hybridized carbons (Fsp3) is 0.0500. The van der Waals surface area contributed by atoms with E-state index in [9.17, 15) is 23.3 Å². The van der Waals surface area contributed by atoms with Crippen LogP contribution in [0.5, 0.6) is 5.75 Å². The molecule has 0 radical (unpaired) electrons. The Balaban J connectivity index is 1.75. The molecule has 0 aliphatic carbocycles. The molecule has 0 atom stereocenters. The number of ether oxygens (including phenoxy) is 1. The Bertz CT molecular complexity index is 1360. The molecule has 1 amide bonds. The van der Waals surface area contributed by atoms with Crippen molar-refractivity contribution in [1.29, 1.82) is 5.26 Å². The summed E-state index contributed by atoms with van der Waals surface area (Å²) in [5, 5.41) is 11.2. The molecule has 3 rings (SSSR count). The van der Waals surface area contributed by atoms with E-state index < -0.39 is 26.9 Å². The van der Waals surface area contributed by atoms with E-state index >= 15 is 0 Å². The van der Waals surface area contributed by atoms with Crippen LogP contribution in [0.3, 0.4) is 0 Å². The lowest BCUT2D eigenvalue weighted by atomic mass is 10.1. The van der Waals surface area contributed by atoms with Gasteiger partial charge in [-0.15, -0.1) is 0 Å². The monoisotopic (exact) mass is 532 g/mol. The van der Waals surface area contributed by atoms with Crippen molar-refractivity contribution in [3.05, 3.63) is 69.7 Å². The Kier molecular flexibility index (Phi) is 7.14. The second kappa shape index (κ2) is 9.82. The van der Waals surface area contributed by atoms with Crippen molar-refractivity contribution in [3.63, 3.8) is 0 Å². The fourth-order valence-corrected chi connectivity index (χ4v) is 4.23. The van der Waals surface area contributed by atoms with Crippen LogP contribution in [0.4, 0.5) is 5.13 Å². The number of anilines is 1. The van der Waals surface area contributed by atoms with Gasteiger partial charge in [0, 0.05) is 17.8 Å². The summed E-state index contributed by atoms with van der Waals surface area (Å²) in [5.41, 5.74) is 0.627. The van der Waals surface area contributed by atoms with Gasteiger partial charge in [-0.25, -0.2) is 13.2 Å². The summed E-state index contributed by atoms with van der Waals surface area (Å²) >= 11 is 3.99. The van der Waals surface area contributed by atoms with Gasteiger partial charge in [0.25, 0.3) is 11.1 Å². The molecule has 0 aliphatic rings. The van der Waals surface area contributed by atoms with Crippen LogP contribution < -0.4 is 10.1 Å². The van der Waals surface area contributed by atoms with Crippen molar-refractivity contribution in [2.75, 3.05) is 11.6 Å². The van der Waals surface area contributed by atoms with Crippen LogP contribution in [0, 0.1) is 11.3 Å². The Hall–Kier alpha value is -3.40.